The number of amides is 3. The van der Waals surface area contributed by atoms with Crippen LogP contribution in [0.25, 0.3) is 0 Å². The van der Waals surface area contributed by atoms with Crippen LogP contribution >= 0.6 is 0 Å². The first-order valence-electron chi connectivity index (χ1n) is 10.6. The van der Waals surface area contributed by atoms with Gasteiger partial charge in [0.1, 0.15) is 6.17 Å². The van der Waals surface area contributed by atoms with Gasteiger partial charge in [-0.05, 0) is 44.9 Å². The number of nitrogens with zero attached hydrogens (tertiary/aromatic N) is 2. The molecule has 4 rings (SSSR count). The topological polar surface area (TPSA) is 69.7 Å². The highest BCUT2D eigenvalue weighted by Gasteiger charge is 2.47. The number of unbranched alkanes of at least 4 members (excludes halogenated alkanes) is 2. The summed E-state index contributed by atoms with van der Waals surface area (Å²) in [4.78, 5) is 41.8. The van der Waals surface area contributed by atoms with E-state index in [9.17, 15) is 14.4 Å². The van der Waals surface area contributed by atoms with E-state index < -0.39 is 6.17 Å². The zero-order valence-corrected chi connectivity index (χ0v) is 17.4. The minimum Gasteiger partial charge on any atom is -0.354 e. The van der Waals surface area contributed by atoms with E-state index in [1.807, 2.05) is 56.3 Å². The number of hydrogen-bond donors (Lipinski definition) is 1. The van der Waals surface area contributed by atoms with Crippen molar-refractivity contribution in [3.63, 3.8) is 0 Å². The van der Waals surface area contributed by atoms with Gasteiger partial charge in [0, 0.05) is 30.1 Å². The molecular weight excluding hydrogens is 378 g/mol. The average Bonchev–Trinajstić information content (AvgIpc) is 3.02. The molecule has 2 heterocycles. The number of nitrogens with one attached hydrogen (secondary N) is 1. The SMILES string of the molecule is CC(C)NC(=O)CCCCCN1C(=O)c2ccccc2N2C(=O)c3ccccc3C12. The van der Waals surface area contributed by atoms with Crippen molar-refractivity contribution in [1.82, 2.24) is 10.2 Å². The van der Waals surface area contributed by atoms with Crippen LogP contribution in [0, 0.1) is 0 Å². The smallest absolute Gasteiger partial charge is 0.260 e. The molecule has 6 heteroatoms. The number of hydrogen-bond acceptors (Lipinski definition) is 3. The Morgan fingerprint density at radius 2 is 1.63 bits per heavy atom. The summed E-state index contributed by atoms with van der Waals surface area (Å²) in [5.74, 6) is -0.0470. The van der Waals surface area contributed by atoms with Crippen molar-refractivity contribution in [1.29, 1.82) is 0 Å². The van der Waals surface area contributed by atoms with Gasteiger partial charge in [-0.15, -0.1) is 0 Å². The van der Waals surface area contributed by atoms with Crippen molar-refractivity contribution >= 4 is 23.4 Å². The largest absolute Gasteiger partial charge is 0.354 e. The Bertz CT molecular complexity index is 985. The molecule has 0 aromatic heterocycles. The third kappa shape index (κ3) is 3.58. The van der Waals surface area contributed by atoms with Gasteiger partial charge in [-0.1, -0.05) is 36.8 Å². The number of anilines is 1. The van der Waals surface area contributed by atoms with Crippen LogP contribution in [0.4, 0.5) is 5.69 Å². The van der Waals surface area contributed by atoms with Gasteiger partial charge >= 0.3 is 0 Å². The van der Waals surface area contributed by atoms with E-state index in [-0.39, 0.29) is 23.8 Å². The summed E-state index contributed by atoms with van der Waals surface area (Å²) in [5, 5.41) is 2.90. The fourth-order valence-corrected chi connectivity index (χ4v) is 4.34. The number of rotatable bonds is 7. The zero-order chi connectivity index (χ0) is 21.3. The molecule has 6 nitrogen and oxygen atoms in total. The Balaban J connectivity index is 1.51. The number of carbonyl (C=O) groups is 3. The van der Waals surface area contributed by atoms with Gasteiger partial charge in [0.2, 0.25) is 5.91 Å². The molecular formula is C24H27N3O3. The summed E-state index contributed by atoms with van der Waals surface area (Å²) >= 11 is 0. The van der Waals surface area contributed by atoms with Crippen LogP contribution in [0.2, 0.25) is 0 Å². The van der Waals surface area contributed by atoms with Crippen LogP contribution in [-0.4, -0.2) is 35.2 Å². The molecule has 2 aromatic carbocycles. The van der Waals surface area contributed by atoms with E-state index in [0.717, 1.165) is 24.8 Å². The molecule has 1 atom stereocenters. The number of benzene rings is 2. The Morgan fingerprint density at radius 1 is 0.933 bits per heavy atom. The lowest BCUT2D eigenvalue weighted by molar-refractivity contribution is -0.121. The van der Waals surface area contributed by atoms with Gasteiger partial charge in [0.25, 0.3) is 11.8 Å². The van der Waals surface area contributed by atoms with E-state index in [1.165, 1.54) is 0 Å². The summed E-state index contributed by atoms with van der Waals surface area (Å²) in [7, 11) is 0. The van der Waals surface area contributed by atoms with Crippen molar-refractivity contribution < 1.29 is 14.4 Å². The van der Waals surface area contributed by atoms with Crippen LogP contribution in [0.5, 0.6) is 0 Å². The molecule has 0 radical (unpaired) electrons. The summed E-state index contributed by atoms with van der Waals surface area (Å²) < 4.78 is 0. The minimum absolute atomic E-state index is 0.0473. The van der Waals surface area contributed by atoms with Gasteiger partial charge in [0.15, 0.2) is 0 Å². The molecule has 1 N–H and O–H groups in total. The molecule has 0 aliphatic carbocycles. The maximum absolute atomic E-state index is 13.3. The van der Waals surface area contributed by atoms with Gasteiger partial charge in [-0.3, -0.25) is 19.3 Å². The van der Waals surface area contributed by atoms with Crippen LogP contribution in [0.15, 0.2) is 48.5 Å². The van der Waals surface area contributed by atoms with E-state index in [0.29, 0.717) is 29.8 Å². The second-order valence-corrected chi connectivity index (χ2v) is 8.18. The molecule has 0 saturated heterocycles. The number of para-hydroxylation sites is 1. The van der Waals surface area contributed by atoms with Gasteiger partial charge in [-0.25, -0.2) is 0 Å². The van der Waals surface area contributed by atoms with Crippen molar-refractivity contribution in [3.05, 3.63) is 65.2 Å². The van der Waals surface area contributed by atoms with Gasteiger partial charge in [-0.2, -0.15) is 0 Å². The molecule has 156 valence electrons. The molecule has 0 saturated carbocycles. The van der Waals surface area contributed by atoms with Gasteiger partial charge < -0.3 is 10.2 Å². The molecule has 0 fully saturated rings. The third-order valence-corrected chi connectivity index (χ3v) is 5.64. The summed E-state index contributed by atoms with van der Waals surface area (Å²) in [5.41, 5.74) is 2.77. The van der Waals surface area contributed by atoms with Crippen LogP contribution < -0.4 is 10.2 Å². The highest BCUT2D eigenvalue weighted by atomic mass is 16.2. The minimum atomic E-state index is -0.402. The van der Waals surface area contributed by atoms with Crippen LogP contribution in [-0.2, 0) is 4.79 Å². The van der Waals surface area contributed by atoms with E-state index in [4.69, 9.17) is 0 Å². The molecule has 2 aliphatic rings. The van der Waals surface area contributed by atoms with Crippen molar-refractivity contribution in [3.8, 4) is 0 Å². The highest BCUT2D eigenvalue weighted by Crippen LogP contribution is 2.45. The Hall–Kier alpha value is -3.15. The second-order valence-electron chi connectivity index (χ2n) is 8.18. The maximum atomic E-state index is 13.3. The molecule has 3 amide bonds. The number of carbonyl (C=O) groups excluding carboxylic acids is 3. The van der Waals surface area contributed by atoms with Crippen LogP contribution in [0.1, 0.15) is 72.0 Å². The monoisotopic (exact) mass is 405 g/mol. The predicted molar refractivity (Wildman–Crippen MR) is 115 cm³/mol. The fourth-order valence-electron chi connectivity index (χ4n) is 4.34. The van der Waals surface area contributed by atoms with Crippen LogP contribution in [0.3, 0.4) is 0 Å². The average molecular weight is 405 g/mol. The summed E-state index contributed by atoms with van der Waals surface area (Å²) in [6.45, 7) is 4.44. The molecule has 2 aliphatic heterocycles. The third-order valence-electron chi connectivity index (χ3n) is 5.64. The lowest BCUT2D eigenvalue weighted by Gasteiger charge is -2.41. The molecule has 1 unspecified atom stereocenters. The Labute approximate surface area is 176 Å². The van der Waals surface area contributed by atoms with E-state index in [1.54, 1.807) is 15.9 Å². The first kappa shape index (κ1) is 20.1. The summed E-state index contributed by atoms with van der Waals surface area (Å²) in [6, 6.07) is 15.0. The zero-order valence-electron chi connectivity index (χ0n) is 17.4. The first-order valence-corrected chi connectivity index (χ1v) is 10.6. The van der Waals surface area contributed by atoms with Gasteiger partial charge in [0.05, 0.1) is 11.3 Å². The van der Waals surface area contributed by atoms with E-state index in [2.05, 4.69) is 5.32 Å². The molecule has 30 heavy (non-hydrogen) atoms. The first-order chi connectivity index (χ1) is 14.5. The normalized spacial score (nSPS) is 17.1. The fraction of sp³-hybridized carbons (Fsp3) is 0.375. The Kier molecular flexibility index (Phi) is 5.57. The quantitative estimate of drug-likeness (QED) is 0.711. The van der Waals surface area contributed by atoms with E-state index >= 15 is 0 Å². The van der Waals surface area contributed by atoms with Crippen molar-refractivity contribution in [2.24, 2.45) is 0 Å². The molecule has 2 aromatic rings. The predicted octanol–water partition coefficient (Wildman–Crippen LogP) is 3.89. The standard InChI is InChI=1S/C24H27N3O3/c1-16(2)25-21(28)14-4-3-9-15-26-22-17-10-5-6-11-18(17)24(30)27(22)20-13-8-7-12-19(20)23(26)29/h5-8,10-13,16,22H,3-4,9,14-15H2,1-2H3,(H,25,28). The second kappa shape index (κ2) is 8.30. The van der Waals surface area contributed by atoms with Crippen molar-refractivity contribution in [2.75, 3.05) is 11.4 Å². The Morgan fingerprint density at radius 3 is 2.40 bits per heavy atom. The lowest BCUT2D eigenvalue weighted by atomic mass is 10.0. The summed E-state index contributed by atoms with van der Waals surface area (Å²) in [6.07, 6.45) is 2.50. The van der Waals surface area contributed by atoms with Crippen molar-refractivity contribution in [2.45, 2.75) is 51.7 Å². The highest BCUT2D eigenvalue weighted by molar-refractivity contribution is 6.16. The number of fused-ring (bicyclic) bond motifs is 5. The molecule has 0 spiro atoms. The lowest BCUT2D eigenvalue weighted by Crippen LogP contribution is -2.48. The molecule has 0 bridgehead atoms. The maximum Gasteiger partial charge on any atom is 0.260 e.